The van der Waals surface area contributed by atoms with Gasteiger partial charge in [-0.1, -0.05) is 48.2 Å². The number of nitrogens with zero attached hydrogens (tertiary/aromatic N) is 1. The molecule has 0 aromatic heterocycles. The van der Waals surface area contributed by atoms with E-state index in [2.05, 4.69) is 15.4 Å². The van der Waals surface area contributed by atoms with E-state index < -0.39 is 63.2 Å². The van der Waals surface area contributed by atoms with Crippen molar-refractivity contribution in [1.82, 2.24) is 20.3 Å². The molecule has 4 amide bonds. The van der Waals surface area contributed by atoms with Gasteiger partial charge in [0.05, 0.1) is 15.7 Å². The fraction of sp³-hybridized carbons (Fsp3) is 0.586. The molecule has 242 valence electrons. The van der Waals surface area contributed by atoms with Crippen molar-refractivity contribution in [3.63, 3.8) is 0 Å². The van der Waals surface area contributed by atoms with Crippen LogP contribution in [0.4, 0.5) is 10.5 Å². The second kappa shape index (κ2) is 13.5. The average molecular weight is 673 g/mol. The number of alkyl carbamates (subject to hydrolysis) is 1. The maximum Gasteiger partial charge on any atom is 0.408 e. The normalized spacial score (nSPS) is 26.3. The van der Waals surface area contributed by atoms with Crippen molar-refractivity contribution in [2.75, 3.05) is 11.3 Å². The zero-order valence-corrected chi connectivity index (χ0v) is 27.3. The molecule has 1 saturated carbocycles. The molecule has 1 saturated heterocycles. The predicted octanol–water partition coefficient (Wildman–Crippen LogP) is 4.05. The van der Waals surface area contributed by atoms with Gasteiger partial charge >= 0.3 is 16.3 Å². The maximum absolute atomic E-state index is 13.7. The molecule has 4 rings (SSSR count). The van der Waals surface area contributed by atoms with E-state index in [-0.39, 0.29) is 22.2 Å². The molecule has 1 aliphatic carbocycles. The van der Waals surface area contributed by atoms with Crippen molar-refractivity contribution < 1.29 is 32.3 Å². The fourth-order valence-electron chi connectivity index (χ4n) is 5.50. The number of hydrogen-bond acceptors (Lipinski definition) is 7. The first-order valence-electron chi connectivity index (χ1n) is 14.7. The van der Waals surface area contributed by atoms with Gasteiger partial charge < -0.3 is 20.3 Å². The van der Waals surface area contributed by atoms with Gasteiger partial charge in [0.25, 0.3) is 5.91 Å². The van der Waals surface area contributed by atoms with Gasteiger partial charge in [-0.15, -0.1) is 0 Å². The van der Waals surface area contributed by atoms with Crippen LogP contribution < -0.4 is 20.1 Å². The molecule has 0 spiro atoms. The number of fused-ring (bicyclic) bond motifs is 2. The first kappa shape index (κ1) is 33.9. The second-order valence-corrected chi connectivity index (χ2v) is 14.6. The number of hydrogen-bond donors (Lipinski definition) is 4. The molecule has 15 heteroatoms. The lowest BCUT2D eigenvalue weighted by molar-refractivity contribution is -0.141. The van der Waals surface area contributed by atoms with Gasteiger partial charge in [-0.2, -0.15) is 8.42 Å². The molecule has 2 aliphatic heterocycles. The Kier molecular flexibility index (Phi) is 10.4. The number of carbonyl (C=O) groups excluding carboxylic acids is 4. The summed E-state index contributed by atoms with van der Waals surface area (Å²) >= 11 is 11.9. The van der Waals surface area contributed by atoms with Gasteiger partial charge in [0, 0.05) is 12.5 Å². The van der Waals surface area contributed by atoms with Gasteiger partial charge in [0.15, 0.2) is 0 Å². The molecular formula is C29H39Cl2N5O7S. The molecule has 2 heterocycles. The highest BCUT2D eigenvalue weighted by molar-refractivity contribution is 7.91. The summed E-state index contributed by atoms with van der Waals surface area (Å²) in [5.74, 6) is -2.31. The molecule has 0 unspecified atom stereocenters. The molecule has 1 aromatic carbocycles. The Bertz CT molecular complexity index is 1430. The predicted molar refractivity (Wildman–Crippen MR) is 166 cm³/mol. The summed E-state index contributed by atoms with van der Waals surface area (Å²) in [5, 5.41) is 5.82. The van der Waals surface area contributed by atoms with Crippen LogP contribution in [0.3, 0.4) is 0 Å². The average Bonchev–Trinajstić information content (AvgIpc) is 3.37. The van der Waals surface area contributed by atoms with E-state index in [4.69, 9.17) is 27.9 Å². The fourth-order valence-corrected chi connectivity index (χ4v) is 6.71. The third-order valence-corrected chi connectivity index (χ3v) is 9.42. The van der Waals surface area contributed by atoms with Crippen molar-refractivity contribution in [1.29, 1.82) is 0 Å². The Balaban J connectivity index is 1.53. The number of nitrogens with one attached hydrogen (secondary N) is 4. The molecule has 12 nitrogen and oxygen atoms in total. The monoisotopic (exact) mass is 671 g/mol. The molecule has 44 heavy (non-hydrogen) atoms. The molecule has 3 aliphatic rings. The maximum atomic E-state index is 13.7. The summed E-state index contributed by atoms with van der Waals surface area (Å²) in [4.78, 5) is 54.9. The van der Waals surface area contributed by atoms with Crippen molar-refractivity contribution >= 4 is 62.9 Å². The van der Waals surface area contributed by atoms with Crippen LogP contribution in [0.5, 0.6) is 0 Å². The first-order chi connectivity index (χ1) is 20.6. The van der Waals surface area contributed by atoms with E-state index in [1.165, 1.54) is 23.1 Å². The van der Waals surface area contributed by atoms with Crippen molar-refractivity contribution in [3.8, 4) is 0 Å². The highest BCUT2D eigenvalue weighted by Gasteiger charge is 2.61. The minimum Gasteiger partial charge on any atom is -0.444 e. The standard InChI is InChI=1S/C29H39Cl2N5O7S/c1-28(2,3)43-27(40)32-22-11-8-6-4-5-7-10-18-17-29(18,33-24(37)23-12-9-15-36(23)25(22)38)26(39)35-44(41,42)34-19-13-14-20(30)21(31)16-19/h7,10,13-14,16,18,22-23,34H,4-6,8-9,11-12,15,17H2,1-3H3,(H,32,40)(H,33,37)(H,35,39)/t18-,22+,23+,29-/m1/s1. The quantitative estimate of drug-likeness (QED) is 0.343. The lowest BCUT2D eigenvalue weighted by Crippen LogP contribution is -2.58. The highest BCUT2D eigenvalue weighted by Crippen LogP contribution is 2.45. The Hall–Kier alpha value is -3.03. The molecule has 2 fully saturated rings. The summed E-state index contributed by atoms with van der Waals surface area (Å²) in [6.07, 6.45) is 7.44. The molecular weight excluding hydrogens is 633 g/mol. The largest absolute Gasteiger partial charge is 0.444 e. The zero-order chi connectivity index (χ0) is 32.3. The molecule has 0 bridgehead atoms. The Labute approximate surface area is 267 Å². The van der Waals surface area contributed by atoms with Gasteiger partial charge in [0.1, 0.15) is 23.2 Å². The summed E-state index contributed by atoms with van der Waals surface area (Å²) in [6, 6.07) is 2.32. The Morgan fingerprint density at radius 1 is 1.07 bits per heavy atom. The third kappa shape index (κ3) is 8.57. The van der Waals surface area contributed by atoms with E-state index in [0.29, 0.717) is 38.6 Å². The number of benzene rings is 1. The van der Waals surface area contributed by atoms with Gasteiger partial charge in [-0.25, -0.2) is 9.52 Å². The molecule has 1 aromatic rings. The van der Waals surface area contributed by atoms with Gasteiger partial charge in [-0.05, 0) is 77.5 Å². The molecule has 4 atom stereocenters. The number of carbonyl (C=O) groups is 4. The van der Waals surface area contributed by atoms with Crippen LogP contribution in [0.25, 0.3) is 0 Å². The lowest BCUT2D eigenvalue weighted by Gasteiger charge is -2.30. The summed E-state index contributed by atoms with van der Waals surface area (Å²) in [6.45, 7) is 5.48. The smallest absolute Gasteiger partial charge is 0.408 e. The number of halogens is 2. The molecule has 0 radical (unpaired) electrons. The second-order valence-electron chi connectivity index (χ2n) is 12.4. The minimum absolute atomic E-state index is 0.0882. The van der Waals surface area contributed by atoms with E-state index in [9.17, 15) is 27.6 Å². The van der Waals surface area contributed by atoms with Crippen molar-refractivity contribution in [3.05, 3.63) is 40.4 Å². The SMILES string of the molecule is CC(C)(C)OC(=O)N[C@H]1CCCCCC=C[C@@H]2C[C@@]2(C(=O)NS(=O)(=O)Nc2ccc(Cl)c(Cl)c2)NC(=O)[C@@H]2CCCN2C1=O. The van der Waals surface area contributed by atoms with Crippen LogP contribution in [-0.4, -0.2) is 66.9 Å². The van der Waals surface area contributed by atoms with E-state index in [1.807, 2.05) is 16.9 Å². The number of amides is 4. The Morgan fingerprint density at radius 3 is 2.52 bits per heavy atom. The summed E-state index contributed by atoms with van der Waals surface area (Å²) in [5.41, 5.74) is -2.19. The van der Waals surface area contributed by atoms with E-state index >= 15 is 0 Å². The lowest BCUT2D eigenvalue weighted by atomic mass is 10.0. The highest BCUT2D eigenvalue weighted by atomic mass is 35.5. The van der Waals surface area contributed by atoms with Crippen LogP contribution in [0, 0.1) is 5.92 Å². The minimum atomic E-state index is -4.41. The number of ether oxygens (including phenoxy) is 1. The summed E-state index contributed by atoms with van der Waals surface area (Å²) < 4.78 is 35.4. The topological polar surface area (TPSA) is 163 Å². The van der Waals surface area contributed by atoms with Crippen molar-refractivity contribution in [2.45, 2.75) is 95.4 Å². The van der Waals surface area contributed by atoms with Crippen molar-refractivity contribution in [2.24, 2.45) is 5.92 Å². The van der Waals surface area contributed by atoms with Crippen LogP contribution in [0.2, 0.25) is 10.0 Å². The van der Waals surface area contributed by atoms with Gasteiger partial charge in [-0.3, -0.25) is 19.1 Å². The molecule has 4 N–H and O–H groups in total. The van der Waals surface area contributed by atoms with E-state index in [1.54, 1.807) is 20.8 Å². The number of rotatable bonds is 5. The summed E-state index contributed by atoms with van der Waals surface area (Å²) in [7, 11) is -4.41. The number of allylic oxidation sites excluding steroid dienone is 1. The first-order valence-corrected chi connectivity index (χ1v) is 16.9. The Morgan fingerprint density at radius 2 is 1.82 bits per heavy atom. The van der Waals surface area contributed by atoms with E-state index in [0.717, 1.165) is 12.8 Å². The van der Waals surface area contributed by atoms with Gasteiger partial charge in [0.2, 0.25) is 11.8 Å². The third-order valence-electron chi connectivity index (χ3n) is 7.72. The number of anilines is 1. The van der Waals surface area contributed by atoms with Crippen LogP contribution in [0.15, 0.2) is 30.4 Å². The van der Waals surface area contributed by atoms with Crippen LogP contribution in [-0.2, 0) is 29.3 Å². The van der Waals surface area contributed by atoms with Crippen LogP contribution in [0.1, 0.15) is 72.1 Å². The van der Waals surface area contributed by atoms with Crippen LogP contribution >= 0.6 is 23.2 Å². The zero-order valence-electron chi connectivity index (χ0n) is 25.0.